The number of carbonyl (C=O) groups excluding carboxylic acids is 1. The molecule has 1 aromatic carbocycles. The standard InChI is InChI=1S/C23H23N3O2/c27-23(28-16-17-7-2-1-3-8-17)26-19-9-6-10-20(26)14-18(13-19)21-15-24-22-11-4-5-12-25(21)22/h1-5,7-8,11-13,15,19-20H,6,9-10,14,16H2. The molecule has 1 amide bonds. The number of benzene rings is 1. The van der Waals surface area contributed by atoms with Crippen LogP contribution in [0.3, 0.4) is 0 Å². The van der Waals surface area contributed by atoms with E-state index >= 15 is 0 Å². The largest absolute Gasteiger partial charge is 0.445 e. The van der Waals surface area contributed by atoms with Crippen molar-refractivity contribution in [1.29, 1.82) is 0 Å². The molecule has 3 aromatic rings. The lowest BCUT2D eigenvalue weighted by Gasteiger charge is -2.44. The zero-order valence-electron chi connectivity index (χ0n) is 15.7. The summed E-state index contributed by atoms with van der Waals surface area (Å²) in [5.74, 6) is 0. The van der Waals surface area contributed by atoms with Gasteiger partial charge in [0.05, 0.1) is 17.9 Å². The lowest BCUT2D eigenvalue weighted by atomic mass is 9.84. The highest BCUT2D eigenvalue weighted by molar-refractivity contribution is 5.74. The molecule has 0 spiro atoms. The normalized spacial score (nSPS) is 21.4. The summed E-state index contributed by atoms with van der Waals surface area (Å²) < 4.78 is 7.77. The summed E-state index contributed by atoms with van der Waals surface area (Å²) in [7, 11) is 0. The van der Waals surface area contributed by atoms with Crippen LogP contribution < -0.4 is 0 Å². The Morgan fingerprint density at radius 1 is 1.11 bits per heavy atom. The first kappa shape index (κ1) is 17.0. The van der Waals surface area contributed by atoms with Gasteiger partial charge in [0.25, 0.3) is 0 Å². The van der Waals surface area contributed by atoms with Crippen molar-refractivity contribution in [3.63, 3.8) is 0 Å². The fourth-order valence-electron chi connectivity index (χ4n) is 4.47. The van der Waals surface area contributed by atoms with E-state index in [2.05, 4.69) is 21.7 Å². The summed E-state index contributed by atoms with van der Waals surface area (Å²) in [6, 6.07) is 16.2. The first-order valence-electron chi connectivity index (χ1n) is 9.92. The maximum atomic E-state index is 12.8. The Bertz CT molecular complexity index is 1020. The van der Waals surface area contributed by atoms with E-state index in [1.165, 1.54) is 5.57 Å². The van der Waals surface area contributed by atoms with Crippen molar-refractivity contribution >= 4 is 17.3 Å². The number of amides is 1. The fourth-order valence-corrected chi connectivity index (χ4v) is 4.47. The third-order valence-electron chi connectivity index (χ3n) is 5.80. The molecule has 5 heteroatoms. The summed E-state index contributed by atoms with van der Waals surface area (Å²) in [6.07, 6.45) is 10.0. The predicted octanol–water partition coefficient (Wildman–Crippen LogP) is 4.68. The molecular formula is C23H23N3O2. The number of pyridine rings is 1. The molecule has 142 valence electrons. The Balaban J connectivity index is 1.38. The van der Waals surface area contributed by atoms with Crippen molar-refractivity contribution in [3.05, 3.63) is 78.3 Å². The van der Waals surface area contributed by atoms with Crippen LogP contribution in [0.4, 0.5) is 4.79 Å². The van der Waals surface area contributed by atoms with E-state index in [9.17, 15) is 4.79 Å². The molecule has 28 heavy (non-hydrogen) atoms. The van der Waals surface area contributed by atoms with E-state index in [0.29, 0.717) is 6.61 Å². The van der Waals surface area contributed by atoms with Crippen LogP contribution in [-0.4, -0.2) is 32.5 Å². The smallest absolute Gasteiger partial charge is 0.410 e. The number of piperidine rings is 1. The Morgan fingerprint density at radius 2 is 1.96 bits per heavy atom. The van der Waals surface area contributed by atoms with Crippen LogP contribution in [0.2, 0.25) is 0 Å². The molecule has 2 aromatic heterocycles. The number of aromatic nitrogens is 2. The SMILES string of the molecule is O=C(OCc1ccccc1)N1C2C=C(c3cnc4ccccn34)CC1CCC2. The second kappa shape index (κ2) is 7.15. The quantitative estimate of drug-likeness (QED) is 0.670. The van der Waals surface area contributed by atoms with Crippen LogP contribution in [0.5, 0.6) is 0 Å². The molecule has 0 N–H and O–H groups in total. The van der Waals surface area contributed by atoms with Crippen molar-refractivity contribution < 1.29 is 9.53 Å². The van der Waals surface area contributed by atoms with Gasteiger partial charge >= 0.3 is 6.09 Å². The Kier molecular flexibility index (Phi) is 4.35. The highest BCUT2D eigenvalue weighted by Crippen LogP contribution is 2.37. The molecule has 0 aliphatic carbocycles. The van der Waals surface area contributed by atoms with Crippen molar-refractivity contribution in [2.75, 3.05) is 0 Å². The van der Waals surface area contributed by atoms with Gasteiger partial charge in [-0.2, -0.15) is 0 Å². The van der Waals surface area contributed by atoms with Gasteiger partial charge in [-0.3, -0.25) is 4.90 Å². The molecule has 2 unspecified atom stereocenters. The first-order valence-corrected chi connectivity index (χ1v) is 9.92. The van der Waals surface area contributed by atoms with Crippen LogP contribution in [0.25, 0.3) is 11.2 Å². The monoisotopic (exact) mass is 373 g/mol. The fraction of sp³-hybridized carbons (Fsp3) is 0.304. The Morgan fingerprint density at radius 3 is 2.82 bits per heavy atom. The van der Waals surface area contributed by atoms with Gasteiger partial charge in [0, 0.05) is 12.2 Å². The summed E-state index contributed by atoms with van der Waals surface area (Å²) in [5, 5.41) is 0. The van der Waals surface area contributed by atoms with Gasteiger partial charge in [0.1, 0.15) is 12.3 Å². The molecule has 2 bridgehead atoms. The summed E-state index contributed by atoms with van der Waals surface area (Å²) in [5.41, 5.74) is 4.37. The maximum absolute atomic E-state index is 12.8. The minimum absolute atomic E-state index is 0.0973. The maximum Gasteiger partial charge on any atom is 0.410 e. The van der Waals surface area contributed by atoms with Gasteiger partial charge in [0.2, 0.25) is 0 Å². The lowest BCUT2D eigenvalue weighted by molar-refractivity contribution is 0.0510. The number of fused-ring (bicyclic) bond motifs is 3. The zero-order valence-corrected chi connectivity index (χ0v) is 15.7. The van der Waals surface area contributed by atoms with Gasteiger partial charge in [0.15, 0.2) is 0 Å². The summed E-state index contributed by atoms with van der Waals surface area (Å²) >= 11 is 0. The van der Waals surface area contributed by atoms with E-state index in [1.807, 2.05) is 59.6 Å². The topological polar surface area (TPSA) is 46.8 Å². The van der Waals surface area contributed by atoms with Gasteiger partial charge < -0.3 is 9.14 Å². The van der Waals surface area contributed by atoms with E-state index in [1.54, 1.807) is 0 Å². The minimum atomic E-state index is -0.202. The van der Waals surface area contributed by atoms with Crippen molar-refractivity contribution in [2.45, 2.75) is 44.4 Å². The molecule has 5 rings (SSSR count). The molecule has 0 radical (unpaired) electrons. The van der Waals surface area contributed by atoms with Crippen LogP contribution >= 0.6 is 0 Å². The van der Waals surface area contributed by atoms with Gasteiger partial charge in [-0.1, -0.05) is 42.5 Å². The molecule has 1 saturated heterocycles. The number of nitrogens with zero attached hydrogens (tertiary/aromatic N) is 3. The van der Waals surface area contributed by atoms with E-state index < -0.39 is 0 Å². The average Bonchev–Trinajstić information content (AvgIpc) is 3.16. The number of carbonyl (C=O) groups is 1. The van der Waals surface area contributed by atoms with Crippen molar-refractivity contribution in [2.24, 2.45) is 0 Å². The van der Waals surface area contributed by atoms with Gasteiger partial charge in [-0.05, 0) is 49.0 Å². The molecular weight excluding hydrogens is 350 g/mol. The number of imidazole rings is 1. The Labute approximate surface area is 164 Å². The van der Waals surface area contributed by atoms with Crippen molar-refractivity contribution in [1.82, 2.24) is 14.3 Å². The van der Waals surface area contributed by atoms with E-state index in [4.69, 9.17) is 4.74 Å². The molecule has 5 nitrogen and oxygen atoms in total. The van der Waals surface area contributed by atoms with Crippen LogP contribution in [0.1, 0.15) is 36.9 Å². The third kappa shape index (κ3) is 3.07. The molecule has 2 aliphatic heterocycles. The van der Waals surface area contributed by atoms with Crippen LogP contribution in [0, 0.1) is 0 Å². The highest BCUT2D eigenvalue weighted by atomic mass is 16.6. The number of hydrogen-bond acceptors (Lipinski definition) is 3. The molecule has 2 atom stereocenters. The minimum Gasteiger partial charge on any atom is -0.445 e. The first-order chi connectivity index (χ1) is 13.8. The highest BCUT2D eigenvalue weighted by Gasteiger charge is 2.38. The number of ether oxygens (including phenoxy) is 1. The molecule has 2 aliphatic rings. The molecule has 1 fully saturated rings. The second-order valence-electron chi connectivity index (χ2n) is 7.57. The third-order valence-corrected chi connectivity index (χ3v) is 5.80. The van der Waals surface area contributed by atoms with Crippen LogP contribution in [-0.2, 0) is 11.3 Å². The van der Waals surface area contributed by atoms with E-state index in [-0.39, 0.29) is 18.2 Å². The Hall–Kier alpha value is -3.08. The zero-order chi connectivity index (χ0) is 18.9. The molecule has 0 saturated carbocycles. The number of rotatable bonds is 3. The van der Waals surface area contributed by atoms with Gasteiger partial charge in [-0.15, -0.1) is 0 Å². The predicted molar refractivity (Wildman–Crippen MR) is 108 cm³/mol. The summed E-state index contributed by atoms with van der Waals surface area (Å²) in [6.45, 7) is 0.319. The summed E-state index contributed by atoms with van der Waals surface area (Å²) in [4.78, 5) is 19.3. The van der Waals surface area contributed by atoms with Crippen LogP contribution in [0.15, 0.2) is 67.0 Å². The lowest BCUT2D eigenvalue weighted by Crippen LogP contribution is -2.51. The number of hydrogen-bond donors (Lipinski definition) is 0. The average molecular weight is 373 g/mol. The molecule has 4 heterocycles. The van der Waals surface area contributed by atoms with Gasteiger partial charge in [-0.25, -0.2) is 9.78 Å². The van der Waals surface area contributed by atoms with Crippen molar-refractivity contribution in [3.8, 4) is 0 Å². The second-order valence-corrected chi connectivity index (χ2v) is 7.57. The van der Waals surface area contributed by atoms with E-state index in [0.717, 1.165) is 42.6 Å².